The van der Waals surface area contributed by atoms with E-state index in [4.69, 9.17) is 32.4 Å². The molecule has 3 aromatic rings. The number of carbonyl (C=O) groups is 1. The Balaban J connectivity index is 1.23. The molecule has 32 heavy (non-hydrogen) atoms. The van der Waals surface area contributed by atoms with E-state index in [0.29, 0.717) is 34.6 Å². The van der Waals surface area contributed by atoms with Gasteiger partial charge in [0.1, 0.15) is 6.61 Å². The van der Waals surface area contributed by atoms with Crippen molar-refractivity contribution in [3.8, 4) is 11.5 Å². The molecule has 1 aliphatic heterocycles. The van der Waals surface area contributed by atoms with Crippen molar-refractivity contribution in [3.05, 3.63) is 68.6 Å². The molecule has 0 spiro atoms. The van der Waals surface area contributed by atoms with E-state index in [1.54, 1.807) is 23.1 Å². The Kier molecular flexibility index (Phi) is 7.02. The molecule has 4 rings (SSSR count). The van der Waals surface area contributed by atoms with Gasteiger partial charge in [-0.3, -0.25) is 0 Å². The van der Waals surface area contributed by atoms with Gasteiger partial charge in [-0.05, 0) is 60.7 Å². The topological polar surface area (TPSA) is 100 Å². The van der Waals surface area contributed by atoms with E-state index in [9.17, 15) is 9.59 Å². The van der Waals surface area contributed by atoms with Crippen LogP contribution < -0.4 is 11.1 Å². The van der Waals surface area contributed by atoms with Crippen molar-refractivity contribution in [2.24, 2.45) is 5.92 Å². The lowest BCUT2D eigenvalue weighted by molar-refractivity contribution is 0.0832. The molecule has 0 unspecified atom stereocenters. The molecule has 168 valence electrons. The number of benzene rings is 2. The Morgan fingerprint density at radius 1 is 1.19 bits per heavy atom. The van der Waals surface area contributed by atoms with Crippen molar-refractivity contribution in [2.45, 2.75) is 19.4 Å². The predicted molar refractivity (Wildman–Crippen MR) is 122 cm³/mol. The van der Waals surface area contributed by atoms with Crippen LogP contribution in [0.15, 0.2) is 51.7 Å². The third-order valence-electron chi connectivity index (χ3n) is 5.30. The molecule has 1 aliphatic rings. The van der Waals surface area contributed by atoms with Crippen LogP contribution in [0.2, 0.25) is 10.0 Å². The maximum Gasteiger partial charge on any atom is 0.434 e. The minimum Gasteiger partial charge on any atom is -0.445 e. The van der Waals surface area contributed by atoms with Crippen LogP contribution in [0.4, 0.5) is 10.5 Å². The molecule has 1 fully saturated rings. The Labute approximate surface area is 194 Å². The molecule has 0 aliphatic carbocycles. The summed E-state index contributed by atoms with van der Waals surface area (Å²) < 4.78 is 10.4. The first-order valence-corrected chi connectivity index (χ1v) is 11.0. The van der Waals surface area contributed by atoms with Gasteiger partial charge in [-0.25, -0.2) is 14.7 Å². The van der Waals surface area contributed by atoms with Gasteiger partial charge in [0.25, 0.3) is 0 Å². The Morgan fingerprint density at radius 2 is 1.94 bits per heavy atom. The third-order valence-corrected chi connectivity index (χ3v) is 5.74. The summed E-state index contributed by atoms with van der Waals surface area (Å²) in [5, 5.41) is 10.5. The fourth-order valence-electron chi connectivity index (χ4n) is 3.63. The van der Waals surface area contributed by atoms with Crippen molar-refractivity contribution >= 4 is 35.0 Å². The number of anilines is 1. The van der Waals surface area contributed by atoms with E-state index in [2.05, 4.69) is 15.5 Å². The zero-order valence-corrected chi connectivity index (χ0v) is 18.7. The summed E-state index contributed by atoms with van der Waals surface area (Å²) in [4.78, 5) is 25.3. The van der Waals surface area contributed by atoms with Crippen LogP contribution in [-0.2, 0) is 11.3 Å². The standard InChI is InChI=1S/C22H22Cl2N4O4/c23-17-8-15(9-18(24)11-17)13-31-22(30)28-6-4-14(5-7-28)12-25-19-3-1-2-16(10-19)20-26-27-21(29)32-20/h1-3,8-11,14,25H,4-7,12-13H2,(H,27,29). The predicted octanol–water partition coefficient (Wildman–Crippen LogP) is 4.80. The number of aromatic amines is 1. The maximum atomic E-state index is 12.4. The van der Waals surface area contributed by atoms with Crippen molar-refractivity contribution in [1.29, 1.82) is 0 Å². The summed E-state index contributed by atoms with van der Waals surface area (Å²) in [6.45, 7) is 2.19. The summed E-state index contributed by atoms with van der Waals surface area (Å²) in [5.41, 5.74) is 2.38. The number of ether oxygens (including phenoxy) is 1. The monoisotopic (exact) mass is 476 g/mol. The lowest BCUT2D eigenvalue weighted by Crippen LogP contribution is -2.40. The third kappa shape index (κ3) is 5.83. The Bertz CT molecular complexity index is 1120. The fourth-order valence-corrected chi connectivity index (χ4v) is 4.20. The molecule has 2 heterocycles. The molecule has 2 aromatic carbocycles. The van der Waals surface area contributed by atoms with Gasteiger partial charge in [-0.1, -0.05) is 29.3 Å². The van der Waals surface area contributed by atoms with Crippen LogP contribution in [-0.4, -0.2) is 40.8 Å². The van der Waals surface area contributed by atoms with Gasteiger partial charge in [0.15, 0.2) is 0 Å². The van der Waals surface area contributed by atoms with Crippen molar-refractivity contribution in [3.63, 3.8) is 0 Å². The highest BCUT2D eigenvalue weighted by Gasteiger charge is 2.23. The SMILES string of the molecule is O=C(OCc1cc(Cl)cc(Cl)c1)N1CCC(CNc2cccc(-c3n[nH]c(=O)o3)c2)CC1. The van der Waals surface area contributed by atoms with Gasteiger partial charge in [0.2, 0.25) is 5.89 Å². The van der Waals surface area contributed by atoms with E-state index >= 15 is 0 Å². The van der Waals surface area contributed by atoms with Crippen molar-refractivity contribution in [1.82, 2.24) is 15.1 Å². The lowest BCUT2D eigenvalue weighted by Gasteiger charge is -2.31. The molecule has 0 bridgehead atoms. The normalized spacial score (nSPS) is 14.4. The van der Waals surface area contributed by atoms with Gasteiger partial charge in [-0.2, -0.15) is 0 Å². The molecule has 1 aromatic heterocycles. The zero-order chi connectivity index (χ0) is 22.5. The highest BCUT2D eigenvalue weighted by atomic mass is 35.5. The summed E-state index contributed by atoms with van der Waals surface area (Å²) in [6, 6.07) is 12.6. The van der Waals surface area contributed by atoms with E-state index in [0.717, 1.165) is 30.6 Å². The molecule has 1 amide bonds. The highest BCUT2D eigenvalue weighted by molar-refractivity contribution is 6.34. The number of nitrogens with one attached hydrogen (secondary N) is 2. The van der Waals surface area contributed by atoms with E-state index < -0.39 is 5.76 Å². The number of H-pyrrole nitrogens is 1. The van der Waals surface area contributed by atoms with Crippen LogP contribution in [0.25, 0.3) is 11.5 Å². The van der Waals surface area contributed by atoms with Crippen LogP contribution in [0.5, 0.6) is 0 Å². The number of nitrogens with zero attached hydrogens (tertiary/aromatic N) is 2. The number of piperidine rings is 1. The second-order valence-corrected chi connectivity index (χ2v) is 8.52. The number of aromatic nitrogens is 2. The minimum atomic E-state index is -0.583. The molecule has 8 nitrogen and oxygen atoms in total. The van der Waals surface area contributed by atoms with E-state index in [1.165, 1.54) is 0 Å². The maximum absolute atomic E-state index is 12.4. The number of rotatable bonds is 6. The van der Waals surface area contributed by atoms with Crippen LogP contribution in [0.3, 0.4) is 0 Å². The number of carbonyl (C=O) groups excluding carboxylic acids is 1. The average molecular weight is 477 g/mol. The second kappa shape index (κ2) is 10.1. The highest BCUT2D eigenvalue weighted by Crippen LogP contribution is 2.23. The van der Waals surface area contributed by atoms with Gasteiger partial charge in [-0.15, -0.1) is 5.10 Å². The number of hydrogen-bond acceptors (Lipinski definition) is 6. The lowest BCUT2D eigenvalue weighted by atomic mass is 9.97. The molecular formula is C22H22Cl2N4O4. The van der Waals surface area contributed by atoms with Crippen molar-refractivity contribution < 1.29 is 13.9 Å². The Hall–Kier alpha value is -2.97. The number of hydrogen-bond donors (Lipinski definition) is 2. The van der Waals surface area contributed by atoms with E-state index in [1.807, 2.05) is 24.3 Å². The first kappa shape index (κ1) is 22.2. The van der Waals surface area contributed by atoms with Crippen molar-refractivity contribution in [2.75, 3.05) is 25.0 Å². The molecular weight excluding hydrogens is 455 g/mol. The molecule has 1 saturated heterocycles. The largest absolute Gasteiger partial charge is 0.445 e. The quantitative estimate of drug-likeness (QED) is 0.529. The Morgan fingerprint density at radius 3 is 2.62 bits per heavy atom. The first-order chi connectivity index (χ1) is 15.5. The van der Waals surface area contributed by atoms with Crippen LogP contribution in [0.1, 0.15) is 18.4 Å². The van der Waals surface area contributed by atoms with Gasteiger partial charge in [0.05, 0.1) is 0 Å². The van der Waals surface area contributed by atoms with Crippen LogP contribution in [0, 0.1) is 5.92 Å². The molecule has 2 N–H and O–H groups in total. The van der Waals surface area contributed by atoms with E-state index in [-0.39, 0.29) is 18.6 Å². The summed E-state index contributed by atoms with van der Waals surface area (Å²) >= 11 is 12.0. The van der Waals surface area contributed by atoms with Gasteiger partial charge >= 0.3 is 11.8 Å². The molecule has 0 atom stereocenters. The number of amides is 1. The molecule has 0 saturated carbocycles. The summed E-state index contributed by atoms with van der Waals surface area (Å²) in [5.74, 6) is 0.100. The summed E-state index contributed by atoms with van der Waals surface area (Å²) in [7, 11) is 0. The second-order valence-electron chi connectivity index (χ2n) is 7.64. The summed E-state index contributed by atoms with van der Waals surface area (Å²) in [6.07, 6.45) is 1.42. The first-order valence-electron chi connectivity index (χ1n) is 10.2. The number of halogens is 2. The number of likely N-dealkylation sites (tertiary alicyclic amines) is 1. The van der Waals surface area contributed by atoms with Gasteiger partial charge < -0.3 is 19.4 Å². The smallest absolute Gasteiger partial charge is 0.434 e. The van der Waals surface area contributed by atoms with Crippen LogP contribution >= 0.6 is 23.2 Å². The molecule has 0 radical (unpaired) electrons. The molecule has 10 heteroatoms. The average Bonchev–Trinajstić information content (AvgIpc) is 3.22. The zero-order valence-electron chi connectivity index (χ0n) is 17.1. The fraction of sp³-hybridized carbons (Fsp3) is 0.318. The van der Waals surface area contributed by atoms with Gasteiger partial charge in [0, 0.05) is 40.9 Å². The minimum absolute atomic E-state index is 0.132.